The maximum Gasteiger partial charge on any atom is 0.130 e. The zero-order valence-corrected chi connectivity index (χ0v) is 8.84. The predicted octanol–water partition coefficient (Wildman–Crippen LogP) is 3.86. The number of hydrogen-bond acceptors (Lipinski definition) is 2. The van der Waals surface area contributed by atoms with Gasteiger partial charge in [-0.3, -0.25) is 0 Å². The molecular weight excluding hydrogens is 183 g/mol. The van der Waals surface area contributed by atoms with Crippen LogP contribution in [0.15, 0.2) is 12.3 Å². The number of hydrogen-bond donors (Lipinski definition) is 0. The normalized spacial score (nSPS) is 22.2. The molecule has 1 aliphatic heterocycles. The van der Waals surface area contributed by atoms with Crippen molar-refractivity contribution in [3.8, 4) is 0 Å². The molecule has 1 fully saturated rings. The van der Waals surface area contributed by atoms with Crippen molar-refractivity contribution in [3.63, 3.8) is 0 Å². The molecule has 0 amide bonds. The van der Waals surface area contributed by atoms with Gasteiger partial charge in [0.1, 0.15) is 14.7 Å². The zero-order valence-electron chi connectivity index (χ0n) is 7.95. The lowest BCUT2D eigenvalue weighted by molar-refractivity contribution is -0.133. The minimum absolute atomic E-state index is 0.764. The zero-order chi connectivity index (χ0) is 9.19. The van der Waals surface area contributed by atoms with E-state index in [9.17, 15) is 0 Å². The van der Waals surface area contributed by atoms with Gasteiger partial charge in [-0.2, -0.15) is 0 Å². The lowest BCUT2D eigenvalue weighted by Crippen LogP contribution is -1.75. The van der Waals surface area contributed by atoms with Crippen molar-refractivity contribution in [2.24, 2.45) is 0 Å². The largest absolute Gasteiger partial charge is 0.337 e. The van der Waals surface area contributed by atoms with Crippen LogP contribution < -0.4 is 0 Å². The summed E-state index contributed by atoms with van der Waals surface area (Å²) in [4.78, 5) is 4.35. The third-order valence-electron chi connectivity index (χ3n) is 2.12. The Morgan fingerprint density at radius 1 is 0.846 bits per heavy atom. The Labute approximate surface area is 81.7 Å². The van der Waals surface area contributed by atoms with E-state index in [0.717, 1.165) is 8.43 Å². The molecule has 2 rings (SSSR count). The highest BCUT2D eigenvalue weighted by molar-refractivity contribution is 7.33. The molecule has 0 aromatic rings. The van der Waals surface area contributed by atoms with Gasteiger partial charge in [0.05, 0.1) is 0 Å². The second kappa shape index (κ2) is 8.28. The maximum atomic E-state index is 4.40. The Morgan fingerprint density at radius 3 is 1.54 bits per heavy atom. The highest BCUT2D eigenvalue weighted by atomic mass is 31.1. The molecule has 0 aromatic heterocycles. The van der Waals surface area contributed by atoms with Crippen molar-refractivity contribution in [1.29, 1.82) is 0 Å². The van der Waals surface area contributed by atoms with Crippen molar-refractivity contribution < 1.29 is 9.56 Å². The van der Waals surface area contributed by atoms with E-state index in [1.807, 2.05) is 5.80 Å². The van der Waals surface area contributed by atoms with Crippen molar-refractivity contribution in [2.75, 3.05) is 0 Å². The minimum atomic E-state index is 0.764. The van der Waals surface area contributed by atoms with Crippen molar-refractivity contribution in [2.45, 2.75) is 44.9 Å². The first kappa shape index (κ1) is 10.7. The molecule has 2 nitrogen and oxygen atoms in total. The van der Waals surface area contributed by atoms with E-state index in [2.05, 4.69) is 9.56 Å². The second-order valence-electron chi connectivity index (χ2n) is 3.23. The van der Waals surface area contributed by atoms with Crippen LogP contribution in [0.4, 0.5) is 0 Å². The summed E-state index contributed by atoms with van der Waals surface area (Å²) in [6.07, 6.45) is 13.8. The van der Waals surface area contributed by atoms with E-state index < -0.39 is 0 Å². The van der Waals surface area contributed by atoms with Gasteiger partial charge in [0.2, 0.25) is 0 Å². The fourth-order valence-corrected chi connectivity index (χ4v) is 1.70. The molecular formula is C10H17O2P. The monoisotopic (exact) mass is 200 g/mol. The summed E-state index contributed by atoms with van der Waals surface area (Å²) >= 11 is 0. The molecule has 0 unspecified atom stereocenters. The second-order valence-corrected chi connectivity index (χ2v) is 3.89. The standard InChI is InChI=1S/C7H14.C3H3O2P/c1-2-4-6-7-5-3-1;1-2-4-5-6-3-1/h1-7H2;1-3H. The van der Waals surface area contributed by atoms with E-state index in [1.165, 1.54) is 51.2 Å². The molecule has 13 heavy (non-hydrogen) atoms. The number of rotatable bonds is 0. The van der Waals surface area contributed by atoms with E-state index in [0.29, 0.717) is 0 Å². The summed E-state index contributed by atoms with van der Waals surface area (Å²) in [6.45, 7) is 0. The molecule has 0 spiro atoms. The van der Waals surface area contributed by atoms with Crippen LogP contribution in [0.25, 0.3) is 0 Å². The average Bonchev–Trinajstić information content (AvgIpc) is 2.53. The fraction of sp³-hybridized carbons (Fsp3) is 0.700. The molecule has 0 saturated heterocycles. The molecule has 1 saturated carbocycles. The topological polar surface area (TPSA) is 18.5 Å². The predicted molar refractivity (Wildman–Crippen MR) is 56.6 cm³/mol. The van der Waals surface area contributed by atoms with Gasteiger partial charge in [0, 0.05) is 0 Å². The molecule has 1 heterocycles. The maximum absolute atomic E-state index is 4.40. The van der Waals surface area contributed by atoms with Crippen molar-refractivity contribution in [3.05, 3.63) is 12.3 Å². The molecule has 74 valence electrons. The van der Waals surface area contributed by atoms with Crippen LogP contribution >= 0.6 is 8.43 Å². The van der Waals surface area contributed by atoms with Crippen molar-refractivity contribution in [1.82, 2.24) is 0 Å². The smallest absolute Gasteiger partial charge is 0.130 e. The van der Waals surface area contributed by atoms with Gasteiger partial charge in [-0.25, -0.2) is 0 Å². The van der Waals surface area contributed by atoms with E-state index in [1.54, 1.807) is 6.08 Å². The SMILES string of the molecule is C1=COOP=C1.C1CCCCCC1. The van der Waals surface area contributed by atoms with Crippen LogP contribution in [0.5, 0.6) is 0 Å². The van der Waals surface area contributed by atoms with Gasteiger partial charge in [-0.1, -0.05) is 44.9 Å². The van der Waals surface area contributed by atoms with Crippen LogP contribution in [0.2, 0.25) is 0 Å². The molecule has 3 heteroatoms. The summed E-state index contributed by atoms with van der Waals surface area (Å²) in [5.41, 5.74) is 0. The summed E-state index contributed by atoms with van der Waals surface area (Å²) in [6, 6.07) is 0. The minimum Gasteiger partial charge on any atom is -0.337 e. The van der Waals surface area contributed by atoms with E-state index >= 15 is 0 Å². The molecule has 0 bridgehead atoms. The Balaban J connectivity index is 0.000000132. The molecule has 0 atom stereocenters. The van der Waals surface area contributed by atoms with Crippen LogP contribution in [0.1, 0.15) is 44.9 Å². The molecule has 1 aliphatic carbocycles. The Morgan fingerprint density at radius 2 is 1.38 bits per heavy atom. The summed E-state index contributed by atoms with van der Waals surface area (Å²) in [5, 5.41) is 0. The first-order valence-electron chi connectivity index (χ1n) is 5.01. The van der Waals surface area contributed by atoms with E-state index in [-0.39, 0.29) is 0 Å². The lowest BCUT2D eigenvalue weighted by Gasteiger charge is -1.91. The quantitative estimate of drug-likeness (QED) is 0.336. The third kappa shape index (κ3) is 6.80. The van der Waals surface area contributed by atoms with E-state index in [4.69, 9.17) is 0 Å². The summed E-state index contributed by atoms with van der Waals surface area (Å²) < 4.78 is 4.40. The highest BCUT2D eigenvalue weighted by Gasteiger charge is 1.95. The van der Waals surface area contributed by atoms with Crippen LogP contribution in [-0.4, -0.2) is 5.80 Å². The molecule has 2 aliphatic rings. The average molecular weight is 200 g/mol. The molecule has 0 N–H and O–H groups in total. The van der Waals surface area contributed by atoms with Gasteiger partial charge in [0.25, 0.3) is 0 Å². The highest BCUT2D eigenvalue weighted by Crippen LogP contribution is 2.15. The number of allylic oxidation sites excluding steroid dienone is 1. The Bertz CT molecular complexity index is 135. The van der Waals surface area contributed by atoms with Gasteiger partial charge >= 0.3 is 0 Å². The molecule has 0 aromatic carbocycles. The van der Waals surface area contributed by atoms with Gasteiger partial charge in [-0.05, 0) is 11.9 Å². The van der Waals surface area contributed by atoms with Gasteiger partial charge < -0.3 is 4.89 Å². The van der Waals surface area contributed by atoms with Crippen LogP contribution in [0.3, 0.4) is 0 Å². The molecule has 0 radical (unpaired) electrons. The Hall–Kier alpha value is -0.330. The lowest BCUT2D eigenvalue weighted by atomic mass is 10.2. The first-order chi connectivity index (χ1) is 6.50. The fourth-order valence-electron chi connectivity index (χ4n) is 1.41. The summed E-state index contributed by atoms with van der Waals surface area (Å²) in [7, 11) is 0.764. The van der Waals surface area contributed by atoms with Gasteiger partial charge in [0.15, 0.2) is 0 Å². The first-order valence-corrected chi connectivity index (χ1v) is 5.89. The summed E-state index contributed by atoms with van der Waals surface area (Å²) in [5.74, 6) is 1.84. The third-order valence-corrected chi connectivity index (χ3v) is 2.58. The van der Waals surface area contributed by atoms with Gasteiger partial charge in [-0.15, -0.1) is 4.67 Å². The van der Waals surface area contributed by atoms with Crippen molar-refractivity contribution >= 4 is 14.2 Å². The van der Waals surface area contributed by atoms with Crippen LogP contribution in [0, 0.1) is 0 Å². The Kier molecular flexibility index (Phi) is 6.84. The van der Waals surface area contributed by atoms with Crippen LogP contribution in [-0.2, 0) is 9.56 Å².